The fourth-order valence-electron chi connectivity index (χ4n) is 2.60. The number of hydrogen-bond donors (Lipinski definition) is 2. The zero-order chi connectivity index (χ0) is 15.8. The molecule has 7 heteroatoms. The maximum atomic E-state index is 12.3. The van der Waals surface area contributed by atoms with Crippen LogP contribution in [0.4, 0.5) is 4.79 Å². The number of carboxylic acids is 1. The Bertz CT molecular complexity index is 351. The van der Waals surface area contributed by atoms with E-state index >= 15 is 0 Å². The highest BCUT2D eigenvalue weighted by atomic mass is 16.5. The van der Waals surface area contributed by atoms with Gasteiger partial charge in [0.2, 0.25) is 0 Å². The Kier molecular flexibility index (Phi) is 7.45. The normalized spacial score (nSPS) is 21.7. The van der Waals surface area contributed by atoms with Gasteiger partial charge < -0.3 is 25.0 Å². The lowest BCUT2D eigenvalue weighted by molar-refractivity contribution is -0.139. The van der Waals surface area contributed by atoms with Gasteiger partial charge in [-0.2, -0.15) is 0 Å². The Morgan fingerprint density at radius 3 is 2.76 bits per heavy atom. The molecule has 1 aliphatic rings. The minimum atomic E-state index is -1.00. The average molecular weight is 301 g/mol. The summed E-state index contributed by atoms with van der Waals surface area (Å²) in [6, 6.07) is -1.07. The van der Waals surface area contributed by atoms with Crippen LogP contribution in [0, 0.1) is 0 Å². The van der Waals surface area contributed by atoms with Crippen molar-refractivity contribution < 1.29 is 19.4 Å². The van der Waals surface area contributed by atoms with Gasteiger partial charge in [-0.25, -0.2) is 9.59 Å². The zero-order valence-electron chi connectivity index (χ0n) is 13.2. The number of methoxy groups -OCH3 is 1. The Morgan fingerprint density at radius 2 is 2.14 bits per heavy atom. The predicted molar refractivity (Wildman–Crippen MR) is 79.3 cm³/mol. The van der Waals surface area contributed by atoms with Gasteiger partial charge in [-0.05, 0) is 39.8 Å². The van der Waals surface area contributed by atoms with Crippen molar-refractivity contribution in [3.63, 3.8) is 0 Å². The highest BCUT2D eigenvalue weighted by Gasteiger charge is 2.27. The molecule has 1 aliphatic heterocycles. The van der Waals surface area contributed by atoms with Gasteiger partial charge in [-0.1, -0.05) is 0 Å². The summed E-state index contributed by atoms with van der Waals surface area (Å²) >= 11 is 0. The molecule has 2 N–H and O–H groups in total. The summed E-state index contributed by atoms with van der Waals surface area (Å²) < 4.78 is 4.92. The molecule has 0 aromatic rings. The number of carbonyl (C=O) groups is 2. The lowest BCUT2D eigenvalue weighted by atomic mass is 10.1. The smallest absolute Gasteiger partial charge is 0.326 e. The van der Waals surface area contributed by atoms with E-state index < -0.39 is 12.0 Å². The summed E-state index contributed by atoms with van der Waals surface area (Å²) in [5.41, 5.74) is 0. The van der Waals surface area contributed by atoms with Gasteiger partial charge in [0.05, 0.1) is 0 Å². The molecule has 0 aliphatic carbocycles. The number of rotatable bonds is 6. The van der Waals surface area contributed by atoms with Crippen molar-refractivity contribution in [1.82, 2.24) is 15.1 Å². The van der Waals surface area contributed by atoms with Crippen LogP contribution in [0.5, 0.6) is 0 Å². The first-order chi connectivity index (χ1) is 9.95. The monoisotopic (exact) mass is 301 g/mol. The second-order valence-electron chi connectivity index (χ2n) is 5.63. The first-order valence-electron chi connectivity index (χ1n) is 7.43. The number of carbonyl (C=O) groups excluding carboxylic acids is 1. The highest BCUT2D eigenvalue weighted by Crippen LogP contribution is 2.09. The van der Waals surface area contributed by atoms with Crippen molar-refractivity contribution in [3.8, 4) is 0 Å². The molecule has 122 valence electrons. The van der Waals surface area contributed by atoms with Crippen LogP contribution in [-0.2, 0) is 9.53 Å². The standard InChI is InChI=1S/C14H27N3O4/c1-11-10-16(2)7-5-8-17(11)14(20)15-12(13(18)19)6-4-9-21-3/h11-12H,4-10H2,1-3H3,(H,15,20)(H,18,19). The summed E-state index contributed by atoms with van der Waals surface area (Å²) in [5, 5.41) is 11.8. The number of nitrogens with one attached hydrogen (secondary N) is 1. The average Bonchev–Trinajstić information content (AvgIpc) is 2.58. The molecule has 1 rings (SSSR count). The third kappa shape index (κ3) is 5.89. The predicted octanol–water partition coefficient (Wildman–Crippen LogP) is 0.602. The lowest BCUT2D eigenvalue weighted by Gasteiger charge is -2.29. The summed E-state index contributed by atoms with van der Waals surface area (Å²) in [4.78, 5) is 27.5. The molecular formula is C14H27N3O4. The number of urea groups is 1. The second kappa shape index (κ2) is 8.84. The first kappa shape index (κ1) is 17.7. The minimum Gasteiger partial charge on any atom is -0.480 e. The van der Waals surface area contributed by atoms with E-state index in [9.17, 15) is 14.7 Å². The number of amides is 2. The quantitative estimate of drug-likeness (QED) is 0.702. The lowest BCUT2D eigenvalue weighted by Crippen LogP contribution is -2.51. The first-order valence-corrected chi connectivity index (χ1v) is 7.43. The number of hydrogen-bond acceptors (Lipinski definition) is 4. The van der Waals surface area contributed by atoms with Crippen molar-refractivity contribution in [3.05, 3.63) is 0 Å². The SMILES string of the molecule is COCCCC(NC(=O)N1CCCN(C)CC1C)C(=O)O. The van der Waals surface area contributed by atoms with E-state index in [1.807, 2.05) is 14.0 Å². The molecule has 0 radical (unpaired) electrons. The number of carboxylic acid groups (broad SMARTS) is 1. The van der Waals surface area contributed by atoms with Crippen molar-refractivity contribution in [2.45, 2.75) is 38.3 Å². The molecule has 0 aromatic heterocycles. The van der Waals surface area contributed by atoms with Crippen LogP contribution in [0.3, 0.4) is 0 Å². The Balaban J connectivity index is 2.56. The van der Waals surface area contributed by atoms with Crippen LogP contribution in [0.1, 0.15) is 26.2 Å². The van der Waals surface area contributed by atoms with Crippen molar-refractivity contribution in [1.29, 1.82) is 0 Å². The number of ether oxygens (including phenoxy) is 1. The van der Waals surface area contributed by atoms with Crippen LogP contribution >= 0.6 is 0 Å². The van der Waals surface area contributed by atoms with Crippen molar-refractivity contribution in [2.24, 2.45) is 0 Å². The zero-order valence-corrected chi connectivity index (χ0v) is 13.2. The molecule has 0 spiro atoms. The van der Waals surface area contributed by atoms with Gasteiger partial charge in [-0.15, -0.1) is 0 Å². The maximum Gasteiger partial charge on any atom is 0.326 e. The van der Waals surface area contributed by atoms with Gasteiger partial charge in [0.15, 0.2) is 0 Å². The summed E-state index contributed by atoms with van der Waals surface area (Å²) in [7, 11) is 3.60. The third-order valence-electron chi connectivity index (χ3n) is 3.74. The van der Waals surface area contributed by atoms with Crippen LogP contribution in [0.2, 0.25) is 0 Å². The second-order valence-corrected chi connectivity index (χ2v) is 5.63. The molecule has 1 heterocycles. The molecule has 2 atom stereocenters. The maximum absolute atomic E-state index is 12.3. The van der Waals surface area contributed by atoms with E-state index in [1.54, 1.807) is 12.0 Å². The number of aliphatic carboxylic acids is 1. The molecule has 2 amide bonds. The Labute approximate surface area is 126 Å². The van der Waals surface area contributed by atoms with E-state index in [0.717, 1.165) is 19.5 Å². The molecular weight excluding hydrogens is 274 g/mol. The Morgan fingerprint density at radius 1 is 1.43 bits per heavy atom. The van der Waals surface area contributed by atoms with Gasteiger partial charge in [0.1, 0.15) is 6.04 Å². The van der Waals surface area contributed by atoms with Gasteiger partial charge in [-0.3, -0.25) is 0 Å². The van der Waals surface area contributed by atoms with Crippen LogP contribution < -0.4 is 5.32 Å². The molecule has 1 saturated heterocycles. The van der Waals surface area contributed by atoms with Crippen LogP contribution in [0.25, 0.3) is 0 Å². The van der Waals surface area contributed by atoms with E-state index in [0.29, 0.717) is 26.0 Å². The Hall–Kier alpha value is -1.34. The topological polar surface area (TPSA) is 82.1 Å². The van der Waals surface area contributed by atoms with Gasteiger partial charge >= 0.3 is 12.0 Å². The van der Waals surface area contributed by atoms with Gasteiger partial charge in [0.25, 0.3) is 0 Å². The molecule has 0 saturated carbocycles. The van der Waals surface area contributed by atoms with Crippen LogP contribution in [0.15, 0.2) is 0 Å². The summed E-state index contributed by atoms with van der Waals surface area (Å²) in [6.07, 6.45) is 1.87. The fraction of sp³-hybridized carbons (Fsp3) is 0.857. The van der Waals surface area contributed by atoms with Gasteiger partial charge in [0, 0.05) is 32.8 Å². The highest BCUT2D eigenvalue weighted by molar-refractivity contribution is 5.82. The largest absolute Gasteiger partial charge is 0.480 e. The molecule has 0 aromatic carbocycles. The molecule has 7 nitrogen and oxygen atoms in total. The van der Waals surface area contributed by atoms with E-state index in [-0.39, 0.29) is 12.1 Å². The van der Waals surface area contributed by atoms with E-state index in [4.69, 9.17) is 4.74 Å². The molecule has 21 heavy (non-hydrogen) atoms. The molecule has 1 fully saturated rings. The molecule has 2 unspecified atom stereocenters. The third-order valence-corrected chi connectivity index (χ3v) is 3.74. The van der Waals surface area contributed by atoms with Crippen molar-refractivity contribution >= 4 is 12.0 Å². The number of likely N-dealkylation sites (N-methyl/N-ethyl adjacent to an activating group) is 1. The number of nitrogens with zero attached hydrogens (tertiary/aromatic N) is 2. The molecule has 0 bridgehead atoms. The summed E-state index contributed by atoms with van der Waals surface area (Å²) in [5.74, 6) is -1.00. The summed E-state index contributed by atoms with van der Waals surface area (Å²) in [6.45, 7) is 4.88. The minimum absolute atomic E-state index is 0.0749. The van der Waals surface area contributed by atoms with Crippen molar-refractivity contribution in [2.75, 3.05) is 40.4 Å². The van der Waals surface area contributed by atoms with Crippen LogP contribution in [-0.4, -0.2) is 79.4 Å². The van der Waals surface area contributed by atoms with E-state index in [2.05, 4.69) is 10.2 Å². The fourth-order valence-corrected chi connectivity index (χ4v) is 2.60. The van der Waals surface area contributed by atoms with E-state index in [1.165, 1.54) is 0 Å².